The third-order valence-corrected chi connectivity index (χ3v) is 4.05. The van der Waals surface area contributed by atoms with Gasteiger partial charge in [-0.1, -0.05) is 12.1 Å². The van der Waals surface area contributed by atoms with E-state index in [1.807, 2.05) is 25.2 Å². The smallest absolute Gasteiger partial charge is 0.146 e. The Bertz CT molecular complexity index is 1040. The molecule has 2 aromatic heterocycles. The van der Waals surface area contributed by atoms with Gasteiger partial charge in [-0.05, 0) is 30.3 Å². The number of nitrogens with zero attached hydrogens (tertiary/aromatic N) is 2. The number of hydrogen-bond donors (Lipinski definition) is 2. The summed E-state index contributed by atoms with van der Waals surface area (Å²) in [6, 6.07) is 13.1. The van der Waals surface area contributed by atoms with Crippen LogP contribution >= 0.6 is 0 Å². The molecule has 0 aliphatic rings. The number of nitrogens with two attached hydrogens (primary N) is 1. The van der Waals surface area contributed by atoms with Gasteiger partial charge in [-0.25, -0.2) is 8.78 Å². The van der Waals surface area contributed by atoms with E-state index in [0.29, 0.717) is 11.5 Å². The zero-order valence-electron chi connectivity index (χ0n) is 12.8. The van der Waals surface area contributed by atoms with E-state index in [4.69, 9.17) is 5.73 Å². The summed E-state index contributed by atoms with van der Waals surface area (Å²) in [5.74, 6) is -0.752. The molecule has 0 unspecified atom stereocenters. The van der Waals surface area contributed by atoms with Crippen molar-refractivity contribution in [2.75, 3.05) is 5.73 Å². The van der Waals surface area contributed by atoms with E-state index in [1.165, 1.54) is 18.2 Å². The molecule has 6 heteroatoms. The normalized spacial score (nSPS) is 11.3. The number of nitrogens with one attached hydrogen (secondary N) is 1. The zero-order valence-corrected chi connectivity index (χ0v) is 12.8. The van der Waals surface area contributed by atoms with E-state index >= 15 is 0 Å². The molecule has 0 spiro atoms. The summed E-state index contributed by atoms with van der Waals surface area (Å²) in [7, 11) is 1.81. The SMILES string of the molecule is Cn1nc(N)cc1-c1ccc2[nH]c(-c3c(F)cccc3F)cc2c1. The summed E-state index contributed by atoms with van der Waals surface area (Å²) in [5.41, 5.74) is 8.66. The lowest BCUT2D eigenvalue weighted by atomic mass is 10.1. The molecular weight excluding hydrogens is 310 g/mol. The summed E-state index contributed by atoms with van der Waals surface area (Å²) in [4.78, 5) is 3.06. The number of rotatable bonds is 2. The minimum absolute atomic E-state index is 0.0555. The topological polar surface area (TPSA) is 59.6 Å². The average molecular weight is 324 g/mol. The van der Waals surface area contributed by atoms with Gasteiger partial charge in [-0.3, -0.25) is 4.68 Å². The van der Waals surface area contributed by atoms with E-state index in [-0.39, 0.29) is 5.56 Å². The quantitative estimate of drug-likeness (QED) is 0.583. The van der Waals surface area contributed by atoms with Gasteiger partial charge in [-0.15, -0.1) is 0 Å². The molecule has 0 amide bonds. The van der Waals surface area contributed by atoms with Crippen LogP contribution in [0.25, 0.3) is 33.4 Å². The molecule has 0 fully saturated rings. The molecule has 3 N–H and O–H groups in total. The third kappa shape index (κ3) is 2.23. The summed E-state index contributed by atoms with van der Waals surface area (Å²) in [6.45, 7) is 0. The monoisotopic (exact) mass is 324 g/mol. The van der Waals surface area contributed by atoms with Gasteiger partial charge in [0.25, 0.3) is 0 Å². The van der Waals surface area contributed by atoms with Crippen LogP contribution in [0.2, 0.25) is 0 Å². The number of nitrogen functional groups attached to an aromatic ring is 1. The molecule has 0 saturated carbocycles. The van der Waals surface area contributed by atoms with Gasteiger partial charge in [0.2, 0.25) is 0 Å². The molecule has 2 heterocycles. The molecule has 4 nitrogen and oxygen atoms in total. The Morgan fingerprint density at radius 1 is 1.04 bits per heavy atom. The van der Waals surface area contributed by atoms with Gasteiger partial charge in [0.1, 0.15) is 17.5 Å². The second kappa shape index (κ2) is 5.19. The number of fused-ring (bicyclic) bond motifs is 1. The number of anilines is 1. The first-order valence-electron chi connectivity index (χ1n) is 7.40. The van der Waals surface area contributed by atoms with Crippen molar-refractivity contribution in [3.63, 3.8) is 0 Å². The van der Waals surface area contributed by atoms with Crippen molar-refractivity contribution in [2.24, 2.45) is 7.05 Å². The molecule has 2 aromatic carbocycles. The lowest BCUT2D eigenvalue weighted by Crippen LogP contribution is -1.94. The van der Waals surface area contributed by atoms with Gasteiger partial charge in [-0.2, -0.15) is 5.10 Å². The summed E-state index contributed by atoms with van der Waals surface area (Å²) < 4.78 is 29.7. The predicted octanol–water partition coefficient (Wildman–Crippen LogP) is 4.10. The van der Waals surface area contributed by atoms with E-state index in [9.17, 15) is 8.78 Å². The second-order valence-electron chi connectivity index (χ2n) is 5.66. The van der Waals surface area contributed by atoms with Gasteiger partial charge in [0.05, 0.1) is 17.0 Å². The zero-order chi connectivity index (χ0) is 16.8. The van der Waals surface area contributed by atoms with Crippen molar-refractivity contribution in [3.05, 3.63) is 60.2 Å². The van der Waals surface area contributed by atoms with Crippen molar-refractivity contribution >= 4 is 16.7 Å². The maximum absolute atomic E-state index is 14.0. The van der Waals surface area contributed by atoms with Gasteiger partial charge in [0, 0.05) is 29.6 Å². The number of aryl methyl sites for hydroxylation is 1. The number of benzene rings is 2. The molecule has 0 saturated heterocycles. The summed E-state index contributed by atoms with van der Waals surface area (Å²) in [5, 5.41) is 4.98. The van der Waals surface area contributed by atoms with E-state index in [1.54, 1.807) is 16.8 Å². The van der Waals surface area contributed by atoms with Crippen LogP contribution in [0.4, 0.5) is 14.6 Å². The third-order valence-electron chi connectivity index (χ3n) is 4.05. The van der Waals surface area contributed by atoms with Crippen LogP contribution in [0.5, 0.6) is 0 Å². The van der Waals surface area contributed by atoms with Gasteiger partial charge >= 0.3 is 0 Å². The fourth-order valence-corrected chi connectivity index (χ4v) is 2.94. The predicted molar refractivity (Wildman–Crippen MR) is 90.3 cm³/mol. The number of hydrogen-bond acceptors (Lipinski definition) is 2. The standard InChI is InChI=1S/C18H14F2N4/c1-24-16(9-17(21)23-24)10-5-6-14-11(7-10)8-15(22-14)18-12(19)3-2-4-13(18)20/h2-9,22H,1H3,(H2,21,23). The highest BCUT2D eigenvalue weighted by Crippen LogP contribution is 2.31. The molecule has 0 aliphatic heterocycles. The fourth-order valence-electron chi connectivity index (χ4n) is 2.94. The van der Waals surface area contributed by atoms with E-state index in [2.05, 4.69) is 10.1 Å². The lowest BCUT2D eigenvalue weighted by Gasteiger charge is -2.01. The summed E-state index contributed by atoms with van der Waals surface area (Å²) in [6.07, 6.45) is 0. The molecular formula is C18H14F2N4. The Labute approximate surface area is 136 Å². The Hall–Kier alpha value is -3.15. The van der Waals surface area contributed by atoms with Crippen LogP contribution < -0.4 is 5.73 Å². The summed E-state index contributed by atoms with van der Waals surface area (Å²) >= 11 is 0. The van der Waals surface area contributed by atoms with E-state index < -0.39 is 11.6 Å². The van der Waals surface area contributed by atoms with E-state index in [0.717, 1.165) is 22.2 Å². The van der Waals surface area contributed by atoms with Crippen molar-refractivity contribution < 1.29 is 8.78 Å². The van der Waals surface area contributed by atoms with Crippen molar-refractivity contribution in [1.82, 2.24) is 14.8 Å². The van der Waals surface area contributed by atoms with Crippen LogP contribution in [-0.4, -0.2) is 14.8 Å². The van der Waals surface area contributed by atoms with Crippen LogP contribution in [0.15, 0.2) is 48.5 Å². The van der Waals surface area contributed by atoms with Crippen LogP contribution in [0.3, 0.4) is 0 Å². The average Bonchev–Trinajstić information content (AvgIpc) is 3.09. The van der Waals surface area contributed by atoms with Crippen molar-refractivity contribution in [2.45, 2.75) is 0 Å². The first-order valence-corrected chi connectivity index (χ1v) is 7.40. The number of halogens is 2. The minimum Gasteiger partial charge on any atom is -0.382 e. The van der Waals surface area contributed by atoms with Crippen LogP contribution in [0.1, 0.15) is 0 Å². The Morgan fingerprint density at radius 3 is 2.46 bits per heavy atom. The van der Waals surface area contributed by atoms with Crippen LogP contribution in [-0.2, 0) is 7.05 Å². The van der Waals surface area contributed by atoms with Crippen molar-refractivity contribution in [1.29, 1.82) is 0 Å². The maximum atomic E-state index is 14.0. The number of H-pyrrole nitrogens is 1. The van der Waals surface area contributed by atoms with Crippen LogP contribution in [0, 0.1) is 11.6 Å². The Balaban J connectivity index is 1.86. The first-order chi connectivity index (χ1) is 11.5. The molecule has 24 heavy (non-hydrogen) atoms. The minimum atomic E-state index is -0.596. The molecule has 4 aromatic rings. The molecule has 120 valence electrons. The highest BCUT2D eigenvalue weighted by Gasteiger charge is 2.14. The molecule has 0 bridgehead atoms. The largest absolute Gasteiger partial charge is 0.382 e. The highest BCUT2D eigenvalue weighted by atomic mass is 19.1. The van der Waals surface area contributed by atoms with Gasteiger partial charge < -0.3 is 10.7 Å². The van der Waals surface area contributed by atoms with Gasteiger partial charge in [0.15, 0.2) is 0 Å². The number of aromatic nitrogens is 3. The molecule has 0 atom stereocenters. The molecule has 4 rings (SSSR count). The highest BCUT2D eigenvalue weighted by molar-refractivity contribution is 5.89. The second-order valence-corrected chi connectivity index (χ2v) is 5.66. The number of aromatic amines is 1. The lowest BCUT2D eigenvalue weighted by molar-refractivity contribution is 0.589. The molecule has 0 aliphatic carbocycles. The molecule has 0 radical (unpaired) electrons. The maximum Gasteiger partial charge on any atom is 0.146 e. The van der Waals surface area contributed by atoms with Crippen molar-refractivity contribution in [3.8, 4) is 22.5 Å². The Kier molecular flexibility index (Phi) is 3.13. The first kappa shape index (κ1) is 14.4. The Morgan fingerprint density at radius 2 is 1.79 bits per heavy atom. The fraction of sp³-hybridized carbons (Fsp3) is 0.0556.